The first-order valence-electron chi connectivity index (χ1n) is 10.8. The first kappa shape index (κ1) is 24.4. The summed E-state index contributed by atoms with van der Waals surface area (Å²) in [6.45, 7) is 2.77. The Morgan fingerprint density at radius 1 is 0.720 bits per heavy atom. The van der Waals surface area contributed by atoms with Crippen molar-refractivity contribution in [2.24, 2.45) is 11.5 Å². The van der Waals surface area contributed by atoms with Crippen LogP contribution in [0.4, 0.5) is 0 Å². The molecule has 150 valence electrons. The molecular weight excluding hydrogens is 312 g/mol. The number of nitrogens with two attached hydrogens (primary N) is 2. The van der Waals surface area contributed by atoms with Gasteiger partial charge in [-0.1, -0.05) is 96.8 Å². The third-order valence-corrected chi connectivity index (χ3v) is 5.23. The summed E-state index contributed by atoms with van der Waals surface area (Å²) in [5, 5.41) is 9.30. The molecule has 0 aliphatic carbocycles. The highest BCUT2D eigenvalue weighted by Gasteiger charge is 2.32. The first-order chi connectivity index (χ1) is 12.1. The maximum absolute atomic E-state index is 11.3. The fourth-order valence-electron chi connectivity index (χ4n) is 3.39. The van der Waals surface area contributed by atoms with Gasteiger partial charge in [-0.15, -0.1) is 0 Å². The van der Waals surface area contributed by atoms with Crippen LogP contribution in [0.2, 0.25) is 0 Å². The van der Waals surface area contributed by atoms with E-state index in [-0.39, 0.29) is 0 Å². The lowest BCUT2D eigenvalue weighted by Gasteiger charge is -2.24. The Balaban J connectivity index is 3.41. The topological polar surface area (TPSA) is 89.3 Å². The van der Waals surface area contributed by atoms with Crippen LogP contribution in [0.1, 0.15) is 116 Å². The standard InChI is InChI=1S/C21H44N2O2/c1-2-3-4-5-6-7-8-9-10-11-12-13-14-15-17-21(23,20(24)25)18-16-19-22/h2-19,22-23H2,1H3,(H,24,25). The summed E-state index contributed by atoms with van der Waals surface area (Å²) in [6, 6.07) is 0. The maximum atomic E-state index is 11.3. The fraction of sp³-hybridized carbons (Fsp3) is 0.952. The van der Waals surface area contributed by atoms with E-state index in [1.807, 2.05) is 0 Å². The number of carboxylic acid groups (broad SMARTS) is 1. The molecular formula is C21H44N2O2. The van der Waals surface area contributed by atoms with E-state index >= 15 is 0 Å². The zero-order chi connectivity index (χ0) is 18.8. The Labute approximate surface area is 156 Å². The summed E-state index contributed by atoms with van der Waals surface area (Å²) in [6.07, 6.45) is 20.0. The number of carbonyl (C=O) groups is 1. The molecule has 0 fully saturated rings. The average molecular weight is 357 g/mol. The summed E-state index contributed by atoms with van der Waals surface area (Å²) in [5.41, 5.74) is 10.4. The van der Waals surface area contributed by atoms with Gasteiger partial charge in [0.05, 0.1) is 0 Å². The molecule has 1 unspecified atom stereocenters. The van der Waals surface area contributed by atoms with E-state index in [4.69, 9.17) is 11.5 Å². The van der Waals surface area contributed by atoms with Crippen LogP contribution >= 0.6 is 0 Å². The minimum atomic E-state index is -1.07. The molecule has 0 rings (SSSR count). The monoisotopic (exact) mass is 356 g/mol. The van der Waals surface area contributed by atoms with Gasteiger partial charge in [0.25, 0.3) is 0 Å². The van der Waals surface area contributed by atoms with Crippen LogP contribution in [0.3, 0.4) is 0 Å². The van der Waals surface area contributed by atoms with E-state index in [0.29, 0.717) is 25.8 Å². The van der Waals surface area contributed by atoms with Gasteiger partial charge in [-0.25, -0.2) is 0 Å². The van der Waals surface area contributed by atoms with E-state index in [0.717, 1.165) is 12.8 Å². The molecule has 0 aliphatic rings. The first-order valence-corrected chi connectivity index (χ1v) is 10.8. The molecule has 25 heavy (non-hydrogen) atoms. The quantitative estimate of drug-likeness (QED) is 0.271. The van der Waals surface area contributed by atoms with Crippen LogP contribution in [-0.4, -0.2) is 23.2 Å². The average Bonchev–Trinajstić information content (AvgIpc) is 2.60. The van der Waals surface area contributed by atoms with Gasteiger partial charge in [-0.3, -0.25) is 4.79 Å². The molecule has 4 nitrogen and oxygen atoms in total. The predicted molar refractivity (Wildman–Crippen MR) is 108 cm³/mol. The summed E-state index contributed by atoms with van der Waals surface area (Å²) in [7, 11) is 0. The minimum absolute atomic E-state index is 0.483. The van der Waals surface area contributed by atoms with Crippen LogP contribution in [-0.2, 0) is 4.79 Å². The van der Waals surface area contributed by atoms with Crippen molar-refractivity contribution >= 4 is 5.97 Å². The molecule has 4 heteroatoms. The number of hydrogen-bond acceptors (Lipinski definition) is 3. The van der Waals surface area contributed by atoms with Crippen LogP contribution in [0.25, 0.3) is 0 Å². The number of hydrogen-bond donors (Lipinski definition) is 3. The molecule has 5 N–H and O–H groups in total. The van der Waals surface area contributed by atoms with Gasteiger partial charge in [0.15, 0.2) is 0 Å². The Morgan fingerprint density at radius 2 is 1.08 bits per heavy atom. The summed E-state index contributed by atoms with van der Waals surface area (Å²) >= 11 is 0. The molecule has 1 atom stereocenters. The fourth-order valence-corrected chi connectivity index (χ4v) is 3.39. The molecule has 0 spiro atoms. The highest BCUT2D eigenvalue weighted by atomic mass is 16.4. The van der Waals surface area contributed by atoms with Crippen molar-refractivity contribution in [3.63, 3.8) is 0 Å². The Hall–Kier alpha value is -0.610. The third-order valence-electron chi connectivity index (χ3n) is 5.23. The normalized spacial score (nSPS) is 13.7. The SMILES string of the molecule is CCCCCCCCCCCCCCCCC(N)(CCCN)C(=O)O. The van der Waals surface area contributed by atoms with E-state index in [2.05, 4.69) is 6.92 Å². The molecule has 0 aromatic rings. The number of unbranched alkanes of at least 4 members (excludes halogenated alkanes) is 13. The second-order valence-electron chi connectivity index (χ2n) is 7.70. The minimum Gasteiger partial charge on any atom is -0.480 e. The van der Waals surface area contributed by atoms with Crippen LogP contribution < -0.4 is 11.5 Å². The van der Waals surface area contributed by atoms with Crippen molar-refractivity contribution in [2.75, 3.05) is 6.54 Å². The van der Waals surface area contributed by atoms with Crippen LogP contribution in [0, 0.1) is 0 Å². The van der Waals surface area contributed by atoms with Gasteiger partial charge in [0.2, 0.25) is 0 Å². The Kier molecular flexibility index (Phi) is 16.4. The second-order valence-corrected chi connectivity index (χ2v) is 7.70. The zero-order valence-corrected chi connectivity index (χ0v) is 16.7. The number of rotatable bonds is 19. The third kappa shape index (κ3) is 14.3. The van der Waals surface area contributed by atoms with Crippen LogP contribution in [0.15, 0.2) is 0 Å². The summed E-state index contributed by atoms with van der Waals surface area (Å²) in [4.78, 5) is 11.3. The molecule has 0 bridgehead atoms. The zero-order valence-electron chi connectivity index (χ0n) is 16.7. The van der Waals surface area contributed by atoms with Crippen molar-refractivity contribution in [1.82, 2.24) is 0 Å². The molecule has 0 saturated carbocycles. The molecule has 0 aromatic carbocycles. The van der Waals surface area contributed by atoms with Crippen molar-refractivity contribution < 1.29 is 9.90 Å². The second kappa shape index (κ2) is 16.8. The molecule has 0 aromatic heterocycles. The highest BCUT2D eigenvalue weighted by Crippen LogP contribution is 2.20. The molecule has 0 heterocycles. The van der Waals surface area contributed by atoms with Gasteiger partial charge >= 0.3 is 5.97 Å². The molecule has 0 amide bonds. The van der Waals surface area contributed by atoms with Crippen molar-refractivity contribution in [3.8, 4) is 0 Å². The number of carboxylic acids is 1. The van der Waals surface area contributed by atoms with E-state index in [9.17, 15) is 9.90 Å². The van der Waals surface area contributed by atoms with Crippen molar-refractivity contribution in [2.45, 2.75) is 122 Å². The van der Waals surface area contributed by atoms with E-state index in [1.165, 1.54) is 77.0 Å². The lowest BCUT2D eigenvalue weighted by Crippen LogP contribution is -2.48. The van der Waals surface area contributed by atoms with Crippen LogP contribution in [0.5, 0.6) is 0 Å². The molecule has 0 saturated heterocycles. The van der Waals surface area contributed by atoms with Crippen molar-refractivity contribution in [3.05, 3.63) is 0 Å². The smallest absolute Gasteiger partial charge is 0.323 e. The molecule has 0 radical (unpaired) electrons. The lowest BCUT2D eigenvalue weighted by molar-refractivity contribution is -0.144. The highest BCUT2D eigenvalue weighted by molar-refractivity contribution is 5.78. The largest absolute Gasteiger partial charge is 0.480 e. The Bertz CT molecular complexity index is 310. The van der Waals surface area contributed by atoms with Crippen molar-refractivity contribution in [1.29, 1.82) is 0 Å². The van der Waals surface area contributed by atoms with Gasteiger partial charge in [-0.2, -0.15) is 0 Å². The van der Waals surface area contributed by atoms with E-state index in [1.54, 1.807) is 0 Å². The van der Waals surface area contributed by atoms with Gasteiger partial charge in [-0.05, 0) is 25.8 Å². The van der Waals surface area contributed by atoms with Gasteiger partial charge in [0.1, 0.15) is 5.54 Å². The van der Waals surface area contributed by atoms with Gasteiger partial charge in [0, 0.05) is 0 Å². The number of aliphatic carboxylic acids is 1. The summed E-state index contributed by atoms with van der Waals surface area (Å²) in [5.74, 6) is -0.879. The van der Waals surface area contributed by atoms with E-state index < -0.39 is 11.5 Å². The molecule has 0 aliphatic heterocycles. The lowest BCUT2D eigenvalue weighted by atomic mass is 9.88. The Morgan fingerprint density at radius 3 is 1.44 bits per heavy atom. The summed E-state index contributed by atoms with van der Waals surface area (Å²) < 4.78 is 0. The maximum Gasteiger partial charge on any atom is 0.323 e. The van der Waals surface area contributed by atoms with Gasteiger partial charge < -0.3 is 16.6 Å². The predicted octanol–water partition coefficient (Wildman–Crippen LogP) is 5.38.